The largest absolute Gasteiger partial charge is 0.497 e. The normalized spacial score (nSPS) is 26.8. The third-order valence-corrected chi connectivity index (χ3v) is 5.08. The number of ether oxygens (including phenoxy) is 2. The van der Waals surface area contributed by atoms with Crippen LogP contribution in [0, 0.1) is 11.8 Å². The fourth-order valence-electron chi connectivity index (χ4n) is 3.70. The summed E-state index contributed by atoms with van der Waals surface area (Å²) < 4.78 is 11.0. The van der Waals surface area contributed by atoms with E-state index in [-0.39, 0.29) is 11.8 Å². The van der Waals surface area contributed by atoms with Crippen LogP contribution in [0.1, 0.15) is 12.5 Å². The van der Waals surface area contributed by atoms with Crippen molar-refractivity contribution in [2.45, 2.75) is 19.4 Å². The van der Waals surface area contributed by atoms with E-state index in [1.807, 2.05) is 23.1 Å². The molecule has 5 nitrogen and oxygen atoms in total. The molecular weight excluding hydrogens is 292 g/mol. The molecule has 1 amide bonds. The van der Waals surface area contributed by atoms with E-state index in [9.17, 15) is 4.79 Å². The lowest BCUT2D eigenvalue weighted by Crippen LogP contribution is -2.41. The maximum Gasteiger partial charge on any atom is 0.229 e. The van der Waals surface area contributed by atoms with Crippen molar-refractivity contribution in [3.05, 3.63) is 23.8 Å². The Morgan fingerprint density at radius 1 is 1.35 bits per heavy atom. The molecule has 2 aliphatic rings. The Kier molecular flexibility index (Phi) is 4.48. The summed E-state index contributed by atoms with van der Waals surface area (Å²) in [4.78, 5) is 17.1. The minimum absolute atomic E-state index is 0.0796. The SMILES string of the molecule is COc1ccc2c(c1)OCC(C(=O)N1CC(C)C(N(C)C)C1)C2. The van der Waals surface area contributed by atoms with Crippen molar-refractivity contribution >= 4 is 5.91 Å². The van der Waals surface area contributed by atoms with Crippen LogP contribution in [0.3, 0.4) is 0 Å². The van der Waals surface area contributed by atoms with Crippen molar-refractivity contribution in [3.8, 4) is 11.5 Å². The second-order valence-electron chi connectivity index (χ2n) is 6.94. The van der Waals surface area contributed by atoms with Gasteiger partial charge in [0.15, 0.2) is 0 Å². The number of benzene rings is 1. The van der Waals surface area contributed by atoms with E-state index in [1.54, 1.807) is 7.11 Å². The van der Waals surface area contributed by atoms with Gasteiger partial charge in [-0.25, -0.2) is 0 Å². The molecule has 0 aliphatic carbocycles. The molecule has 3 rings (SSSR count). The first kappa shape index (κ1) is 16.1. The first-order valence-corrected chi connectivity index (χ1v) is 8.24. The van der Waals surface area contributed by atoms with E-state index in [0.717, 1.165) is 36.6 Å². The molecule has 2 aliphatic heterocycles. The number of methoxy groups -OCH3 is 1. The molecule has 0 N–H and O–H groups in total. The highest BCUT2D eigenvalue weighted by Gasteiger charge is 2.37. The first-order valence-electron chi connectivity index (χ1n) is 8.24. The molecule has 2 heterocycles. The highest BCUT2D eigenvalue weighted by molar-refractivity contribution is 5.80. The number of hydrogen-bond donors (Lipinski definition) is 0. The summed E-state index contributed by atoms with van der Waals surface area (Å²) in [6, 6.07) is 6.27. The predicted molar refractivity (Wildman–Crippen MR) is 88.9 cm³/mol. The smallest absolute Gasteiger partial charge is 0.229 e. The average Bonchev–Trinajstić information content (AvgIpc) is 2.95. The van der Waals surface area contributed by atoms with Gasteiger partial charge in [-0.15, -0.1) is 0 Å². The summed E-state index contributed by atoms with van der Waals surface area (Å²) in [5.41, 5.74) is 1.09. The van der Waals surface area contributed by atoms with E-state index in [2.05, 4.69) is 25.9 Å². The number of carbonyl (C=O) groups is 1. The molecule has 3 atom stereocenters. The van der Waals surface area contributed by atoms with Gasteiger partial charge < -0.3 is 19.3 Å². The fourth-order valence-corrected chi connectivity index (χ4v) is 3.70. The quantitative estimate of drug-likeness (QED) is 0.850. The zero-order chi connectivity index (χ0) is 16.6. The molecular formula is C18H26N2O3. The molecule has 1 aromatic rings. The summed E-state index contributed by atoms with van der Waals surface area (Å²) >= 11 is 0. The first-order chi connectivity index (χ1) is 11.0. The van der Waals surface area contributed by atoms with Crippen LogP contribution in [0.2, 0.25) is 0 Å². The van der Waals surface area contributed by atoms with Crippen LogP contribution in [-0.4, -0.2) is 62.7 Å². The van der Waals surface area contributed by atoms with Crippen LogP contribution < -0.4 is 9.47 Å². The van der Waals surface area contributed by atoms with Crippen molar-refractivity contribution in [3.63, 3.8) is 0 Å². The van der Waals surface area contributed by atoms with Gasteiger partial charge in [0.05, 0.1) is 13.0 Å². The molecule has 5 heteroatoms. The second-order valence-corrected chi connectivity index (χ2v) is 6.94. The Bertz CT molecular complexity index is 588. The zero-order valence-electron chi connectivity index (χ0n) is 14.4. The second kappa shape index (κ2) is 6.40. The van der Waals surface area contributed by atoms with Crippen LogP contribution >= 0.6 is 0 Å². The average molecular weight is 318 g/mol. The molecule has 0 bridgehead atoms. The Labute approximate surface area is 138 Å². The van der Waals surface area contributed by atoms with Gasteiger partial charge in [-0.1, -0.05) is 13.0 Å². The maximum atomic E-state index is 12.8. The van der Waals surface area contributed by atoms with Crippen LogP contribution in [0.5, 0.6) is 11.5 Å². The molecule has 126 valence electrons. The van der Waals surface area contributed by atoms with Crippen molar-refractivity contribution in [1.82, 2.24) is 9.80 Å². The number of rotatable bonds is 3. The highest BCUT2D eigenvalue weighted by Crippen LogP contribution is 2.32. The molecule has 1 fully saturated rings. The topological polar surface area (TPSA) is 42.0 Å². The van der Waals surface area contributed by atoms with Gasteiger partial charge in [0.2, 0.25) is 5.91 Å². The van der Waals surface area contributed by atoms with Crippen molar-refractivity contribution < 1.29 is 14.3 Å². The Morgan fingerprint density at radius 2 is 2.13 bits per heavy atom. The lowest BCUT2D eigenvalue weighted by molar-refractivity contribution is -0.136. The van der Waals surface area contributed by atoms with Gasteiger partial charge in [-0.3, -0.25) is 4.79 Å². The molecule has 0 spiro atoms. The lowest BCUT2D eigenvalue weighted by atomic mass is 9.95. The number of likely N-dealkylation sites (N-methyl/N-ethyl adjacent to an activating group) is 1. The lowest BCUT2D eigenvalue weighted by Gasteiger charge is -2.28. The number of carbonyl (C=O) groups excluding carboxylic acids is 1. The van der Waals surface area contributed by atoms with Crippen LogP contribution in [-0.2, 0) is 11.2 Å². The Morgan fingerprint density at radius 3 is 2.78 bits per heavy atom. The van der Waals surface area contributed by atoms with Crippen molar-refractivity contribution in [2.75, 3.05) is 40.9 Å². The van der Waals surface area contributed by atoms with Gasteiger partial charge in [-0.05, 0) is 38.1 Å². The van der Waals surface area contributed by atoms with E-state index in [4.69, 9.17) is 9.47 Å². The minimum Gasteiger partial charge on any atom is -0.497 e. The van der Waals surface area contributed by atoms with Gasteiger partial charge in [0.25, 0.3) is 0 Å². The van der Waals surface area contributed by atoms with Crippen LogP contribution in [0.4, 0.5) is 0 Å². The minimum atomic E-state index is -0.0796. The van der Waals surface area contributed by atoms with Gasteiger partial charge >= 0.3 is 0 Å². The van der Waals surface area contributed by atoms with Crippen molar-refractivity contribution in [2.24, 2.45) is 11.8 Å². The fraction of sp³-hybridized carbons (Fsp3) is 0.611. The molecule has 1 aromatic carbocycles. The molecule has 23 heavy (non-hydrogen) atoms. The van der Waals surface area contributed by atoms with Crippen molar-refractivity contribution in [1.29, 1.82) is 0 Å². The van der Waals surface area contributed by atoms with E-state index >= 15 is 0 Å². The van der Waals surface area contributed by atoms with E-state index < -0.39 is 0 Å². The summed E-state index contributed by atoms with van der Waals surface area (Å²) in [7, 11) is 5.82. The number of likely N-dealkylation sites (tertiary alicyclic amines) is 1. The highest BCUT2D eigenvalue weighted by atomic mass is 16.5. The third-order valence-electron chi connectivity index (χ3n) is 5.08. The summed E-state index contributed by atoms with van der Waals surface area (Å²) in [6.45, 7) is 4.33. The molecule has 0 saturated carbocycles. The predicted octanol–water partition coefficient (Wildman–Crippen LogP) is 1.65. The van der Waals surface area contributed by atoms with Gasteiger partial charge in [-0.2, -0.15) is 0 Å². The number of fused-ring (bicyclic) bond motifs is 1. The van der Waals surface area contributed by atoms with E-state index in [0.29, 0.717) is 18.6 Å². The number of nitrogens with zero attached hydrogens (tertiary/aromatic N) is 2. The van der Waals surface area contributed by atoms with Crippen LogP contribution in [0.25, 0.3) is 0 Å². The third kappa shape index (κ3) is 3.15. The van der Waals surface area contributed by atoms with Crippen LogP contribution in [0.15, 0.2) is 18.2 Å². The van der Waals surface area contributed by atoms with E-state index in [1.165, 1.54) is 0 Å². The molecule has 1 saturated heterocycles. The monoisotopic (exact) mass is 318 g/mol. The Balaban J connectivity index is 1.68. The molecule has 0 radical (unpaired) electrons. The Hall–Kier alpha value is -1.75. The summed E-state index contributed by atoms with van der Waals surface area (Å²) in [6.07, 6.45) is 0.746. The number of amides is 1. The summed E-state index contributed by atoms with van der Waals surface area (Å²) in [5, 5.41) is 0. The van der Waals surface area contributed by atoms with Gasteiger partial charge in [0, 0.05) is 25.2 Å². The van der Waals surface area contributed by atoms with Gasteiger partial charge in [0.1, 0.15) is 18.1 Å². The standard InChI is InChI=1S/C18H26N2O3/c1-12-9-20(10-16(12)19(2)3)18(21)14-7-13-5-6-15(22-4)8-17(13)23-11-14/h5-6,8,12,14,16H,7,9-11H2,1-4H3. The number of hydrogen-bond acceptors (Lipinski definition) is 4. The maximum absolute atomic E-state index is 12.8. The summed E-state index contributed by atoms with van der Waals surface area (Å²) in [5.74, 6) is 2.28. The zero-order valence-corrected chi connectivity index (χ0v) is 14.4. The molecule has 3 unspecified atom stereocenters. The molecule has 0 aromatic heterocycles.